The van der Waals surface area contributed by atoms with Crippen molar-refractivity contribution in [1.82, 2.24) is 4.98 Å². The molecule has 0 fully saturated rings. The van der Waals surface area contributed by atoms with Crippen LogP contribution in [0, 0.1) is 6.92 Å². The molecule has 2 aromatic carbocycles. The Bertz CT molecular complexity index is 953. The molecule has 0 bridgehead atoms. The van der Waals surface area contributed by atoms with Crippen molar-refractivity contribution < 1.29 is 9.59 Å². The Morgan fingerprint density at radius 2 is 1.65 bits per heavy atom. The number of aromatic nitrogens is 1. The molecule has 1 unspecified atom stereocenters. The minimum atomic E-state index is -0.786. The average Bonchev–Trinajstić information content (AvgIpc) is 2.79. The zero-order chi connectivity index (χ0) is 16.1. The molecule has 3 nitrogen and oxygen atoms in total. The van der Waals surface area contributed by atoms with Crippen LogP contribution in [-0.4, -0.2) is 72.1 Å². The number of pyridine rings is 1. The Hall–Kier alpha value is -1.00. The van der Waals surface area contributed by atoms with Gasteiger partial charge in [0.15, 0.2) is 0 Å². The normalized spacial score (nSPS) is 16.9. The fourth-order valence-corrected chi connectivity index (χ4v) is 4.23. The Labute approximate surface area is 172 Å². The third-order valence-electron chi connectivity index (χ3n) is 4.60. The van der Waals surface area contributed by atoms with E-state index in [0.29, 0.717) is 72.4 Å². The van der Waals surface area contributed by atoms with Crippen molar-refractivity contribution in [3.05, 3.63) is 70.9 Å². The molecule has 4 heteroatoms. The molecule has 0 aliphatic heterocycles. The van der Waals surface area contributed by atoms with Crippen LogP contribution >= 0.6 is 0 Å². The number of rotatable bonds is 1. The summed E-state index contributed by atoms with van der Waals surface area (Å²) in [5.74, 6) is -1.01. The van der Waals surface area contributed by atoms with Gasteiger partial charge in [-0.2, -0.15) is 0 Å². The molecule has 0 radical (unpaired) electrons. The van der Waals surface area contributed by atoms with E-state index in [1.54, 1.807) is 6.07 Å². The van der Waals surface area contributed by atoms with Gasteiger partial charge in [-0.15, -0.1) is 0 Å². The zero-order valence-electron chi connectivity index (χ0n) is 13.0. The summed E-state index contributed by atoms with van der Waals surface area (Å²) in [5.41, 5.74) is 3.62. The molecule has 0 saturated heterocycles. The van der Waals surface area contributed by atoms with Gasteiger partial charge in [-0.05, 0) is 0 Å². The molecule has 0 saturated carbocycles. The number of nitrogens with zero attached hydrogens (tertiary/aromatic N) is 1. The fraction of sp³-hybridized carbons (Fsp3) is 0.105. The molecule has 4 rings (SSSR count). The van der Waals surface area contributed by atoms with Crippen molar-refractivity contribution in [2.75, 3.05) is 0 Å². The first-order valence-corrected chi connectivity index (χ1v) is 10.1. The van der Waals surface area contributed by atoms with E-state index < -0.39 is 5.92 Å². The zero-order valence-corrected chi connectivity index (χ0v) is 17.9. The van der Waals surface area contributed by atoms with Gasteiger partial charge in [-0.3, -0.25) is 0 Å². The Morgan fingerprint density at radius 1 is 0.957 bits per heavy atom. The van der Waals surface area contributed by atoms with Gasteiger partial charge in [0.05, 0.1) is 0 Å². The second-order valence-electron chi connectivity index (χ2n) is 6.07. The number of hydrogen-bond acceptors (Lipinski definition) is 3. The van der Waals surface area contributed by atoms with Crippen LogP contribution in [0.4, 0.5) is 0 Å². The summed E-state index contributed by atoms with van der Waals surface area (Å²) in [6, 6.07) is 15.2. The third kappa shape index (κ3) is 2.50. The van der Waals surface area contributed by atoms with Crippen LogP contribution in [0.5, 0.6) is 0 Å². The van der Waals surface area contributed by atoms with E-state index in [2.05, 4.69) is 4.98 Å². The average molecular weight is 372 g/mol. The van der Waals surface area contributed by atoms with Gasteiger partial charge in [0.25, 0.3) is 0 Å². The van der Waals surface area contributed by atoms with Crippen molar-refractivity contribution in [3.8, 4) is 0 Å². The molecule has 0 amide bonds. The number of carbonyl (C=O) groups is 2. The van der Waals surface area contributed by atoms with E-state index in [9.17, 15) is 9.59 Å². The summed E-state index contributed by atoms with van der Waals surface area (Å²) in [7, 11) is 0. The van der Waals surface area contributed by atoms with E-state index >= 15 is 0 Å². The van der Waals surface area contributed by atoms with E-state index in [-0.39, 0.29) is 11.6 Å². The van der Waals surface area contributed by atoms with Crippen molar-refractivity contribution >= 4 is 76.6 Å². The number of benzene rings is 2. The first kappa shape index (κ1) is 15.5. The summed E-state index contributed by atoms with van der Waals surface area (Å²) in [6.07, 6.45) is 0. The van der Waals surface area contributed by atoms with Crippen LogP contribution in [0.3, 0.4) is 0 Å². The van der Waals surface area contributed by atoms with E-state index in [1.807, 2.05) is 49.4 Å². The molecule has 23 heavy (non-hydrogen) atoms. The van der Waals surface area contributed by atoms with Crippen LogP contribution in [0.15, 0.2) is 48.5 Å². The number of fused-ring (bicyclic) bond motifs is 2. The Balaban J connectivity index is 1.86. The quantitative estimate of drug-likeness (QED) is 0.617. The van der Waals surface area contributed by atoms with Crippen LogP contribution in [0.1, 0.15) is 37.9 Å². The predicted octanol–water partition coefficient (Wildman–Crippen LogP) is 2.50. The second-order valence-corrected chi connectivity index (χ2v) is 8.72. The van der Waals surface area contributed by atoms with E-state index in [4.69, 9.17) is 0 Å². The first-order valence-electron chi connectivity index (χ1n) is 7.61. The van der Waals surface area contributed by atoms with Crippen LogP contribution in [-0.2, 0) is 0 Å². The van der Waals surface area contributed by atoms with Crippen LogP contribution in [0.2, 0.25) is 0 Å². The van der Waals surface area contributed by atoms with Gasteiger partial charge in [-0.1, -0.05) is 0 Å². The van der Waals surface area contributed by atoms with E-state index in [1.165, 1.54) is -1.37 Å². The van der Waals surface area contributed by atoms with Crippen LogP contribution < -0.4 is -1.37 Å². The van der Waals surface area contributed by atoms with Gasteiger partial charge in [0.1, 0.15) is 0 Å². The molecule has 1 aliphatic rings. The van der Waals surface area contributed by atoms with Gasteiger partial charge >= 0.3 is 175 Å². The molecule has 1 aromatic heterocycles. The fourth-order valence-electron chi connectivity index (χ4n) is 3.17. The first-order chi connectivity index (χ1) is 11.1. The van der Waals surface area contributed by atoms with Gasteiger partial charge < -0.3 is 0 Å². The molecular formula is C19H12NO2Rb. The molecule has 1 aliphatic carbocycles. The second kappa shape index (κ2) is 5.81. The number of Topliss-reactive ketones (excluding diaryl/α,β-unsaturated/α-hetero) is 2. The number of para-hydroxylation sites is 1. The van der Waals surface area contributed by atoms with Gasteiger partial charge in [0.2, 0.25) is 0 Å². The van der Waals surface area contributed by atoms with Crippen molar-refractivity contribution in [2.45, 2.75) is 12.8 Å². The van der Waals surface area contributed by atoms with E-state index in [0.717, 1.165) is 16.5 Å². The summed E-state index contributed by atoms with van der Waals surface area (Å²) >= 11 is 0.304. The number of aryl methyl sites for hydroxylation is 1. The predicted molar refractivity (Wildman–Crippen MR) is 89.7 cm³/mol. The number of ketones is 2. The SMILES string of the molecule is Cc1cc2c(c[c]1[Rb])C(=O)C(c1ccc3ccccc3n1)C2=O. The van der Waals surface area contributed by atoms with Gasteiger partial charge in [-0.25, -0.2) is 0 Å². The molecule has 106 valence electrons. The molecule has 0 spiro atoms. The van der Waals surface area contributed by atoms with Crippen molar-refractivity contribution in [2.24, 2.45) is 0 Å². The van der Waals surface area contributed by atoms with Gasteiger partial charge in [0, 0.05) is 0 Å². The number of hydrogen-bond donors (Lipinski definition) is 0. The Kier molecular flexibility index (Phi) is 3.92. The number of carbonyl (C=O) groups excluding carboxylic acids is 2. The molecule has 1 heterocycles. The maximum atomic E-state index is 12.8. The summed E-state index contributed by atoms with van der Waals surface area (Å²) in [4.78, 5) is 30.1. The third-order valence-corrected chi connectivity index (χ3v) is 7.25. The van der Waals surface area contributed by atoms with Crippen molar-refractivity contribution in [3.63, 3.8) is 0 Å². The maximum absolute atomic E-state index is 12.8. The Morgan fingerprint density at radius 3 is 2.43 bits per heavy atom. The molecule has 3 aromatic rings. The van der Waals surface area contributed by atoms with Crippen LogP contribution in [0.25, 0.3) is 10.9 Å². The molecule has 0 N–H and O–H groups in total. The summed E-state index contributed by atoms with van der Waals surface area (Å²) in [5, 5.41) is 1.01. The van der Waals surface area contributed by atoms with Crippen molar-refractivity contribution in [1.29, 1.82) is 0 Å². The summed E-state index contributed by atoms with van der Waals surface area (Å²) < 4.78 is 1.24. The topological polar surface area (TPSA) is 47.0 Å². The minimum absolute atomic E-state index is 0.109. The monoisotopic (exact) mass is 371 g/mol. The molecular weight excluding hydrogens is 360 g/mol. The standard InChI is InChI=1S/C19H12NO2.Rb/c1-11-6-8-13-14(10-11)19(22)17(18(13)21)16-9-7-12-4-2-3-5-15(12)20-16;/h2-5,7-10,17H,1H3;. The summed E-state index contributed by atoms with van der Waals surface area (Å²) in [6.45, 7) is 2.01. The molecule has 1 atom stereocenters.